The second-order valence-corrected chi connectivity index (χ2v) is 4.70. The molecule has 6 heteroatoms. The van der Waals surface area contributed by atoms with Crippen LogP contribution in [0, 0.1) is 0 Å². The monoisotopic (exact) mass is 281 g/mol. The number of rotatable bonds is 10. The van der Waals surface area contributed by atoms with Crippen LogP contribution in [0.4, 0.5) is 11.9 Å². The molecular formula is C14H27N5O. The second kappa shape index (κ2) is 9.34. The van der Waals surface area contributed by atoms with Gasteiger partial charge in [-0.05, 0) is 25.7 Å². The molecule has 1 aromatic heterocycles. The first-order valence-electron chi connectivity index (χ1n) is 7.62. The zero-order chi connectivity index (χ0) is 14.8. The Morgan fingerprint density at radius 1 is 0.950 bits per heavy atom. The summed E-state index contributed by atoms with van der Waals surface area (Å²) < 4.78 is 5.52. The van der Waals surface area contributed by atoms with Crippen molar-refractivity contribution in [3.8, 4) is 6.01 Å². The third-order valence-corrected chi connectivity index (χ3v) is 2.90. The average molecular weight is 281 g/mol. The van der Waals surface area contributed by atoms with Crippen molar-refractivity contribution in [3.63, 3.8) is 0 Å². The summed E-state index contributed by atoms with van der Waals surface area (Å²) in [7, 11) is 0. The topological polar surface area (TPSA) is 72.0 Å². The standard InChI is InChI=1S/C14H27N5O/c1-5-9-15-12-17-13(16-11(7-3)8-4)19-14(18-12)20-10-6-2/h11H,5-10H2,1-4H3,(H2,15,16,17,18,19). The van der Waals surface area contributed by atoms with Gasteiger partial charge in [0.15, 0.2) is 0 Å². The van der Waals surface area contributed by atoms with Crippen LogP contribution in [0.5, 0.6) is 6.01 Å². The summed E-state index contributed by atoms with van der Waals surface area (Å²) in [6.45, 7) is 9.90. The summed E-state index contributed by atoms with van der Waals surface area (Å²) in [5, 5.41) is 6.51. The molecule has 1 rings (SSSR count). The molecule has 0 amide bonds. The van der Waals surface area contributed by atoms with Crippen molar-refractivity contribution in [2.24, 2.45) is 0 Å². The summed E-state index contributed by atoms with van der Waals surface area (Å²) in [4.78, 5) is 13.0. The molecule has 0 saturated heterocycles. The first kappa shape index (κ1) is 16.5. The Hall–Kier alpha value is -1.59. The van der Waals surface area contributed by atoms with Crippen molar-refractivity contribution in [1.29, 1.82) is 0 Å². The molecular weight excluding hydrogens is 254 g/mol. The minimum Gasteiger partial charge on any atom is -0.463 e. The van der Waals surface area contributed by atoms with Crippen LogP contribution >= 0.6 is 0 Å². The zero-order valence-electron chi connectivity index (χ0n) is 13.1. The first-order chi connectivity index (χ1) is 9.73. The molecule has 0 aromatic carbocycles. The fourth-order valence-corrected chi connectivity index (χ4v) is 1.67. The molecule has 0 bridgehead atoms. The van der Waals surface area contributed by atoms with E-state index >= 15 is 0 Å². The molecule has 2 N–H and O–H groups in total. The highest BCUT2D eigenvalue weighted by atomic mass is 16.5. The van der Waals surface area contributed by atoms with Gasteiger partial charge in [-0.2, -0.15) is 15.0 Å². The number of nitrogens with one attached hydrogen (secondary N) is 2. The second-order valence-electron chi connectivity index (χ2n) is 4.70. The average Bonchev–Trinajstić information content (AvgIpc) is 2.48. The molecule has 0 fully saturated rings. The summed E-state index contributed by atoms with van der Waals surface area (Å²) in [6, 6.07) is 0.754. The fraction of sp³-hybridized carbons (Fsp3) is 0.786. The van der Waals surface area contributed by atoms with Crippen LogP contribution in [-0.4, -0.2) is 34.1 Å². The largest absolute Gasteiger partial charge is 0.463 e. The number of hydrogen-bond donors (Lipinski definition) is 2. The molecule has 0 aliphatic carbocycles. The van der Waals surface area contributed by atoms with E-state index in [2.05, 4.69) is 53.3 Å². The summed E-state index contributed by atoms with van der Waals surface area (Å²) >= 11 is 0. The predicted molar refractivity (Wildman–Crippen MR) is 82.4 cm³/mol. The minimum atomic E-state index is 0.371. The Labute approximate surface area is 121 Å². The quantitative estimate of drug-likeness (QED) is 0.686. The van der Waals surface area contributed by atoms with Crippen LogP contribution in [0.15, 0.2) is 0 Å². The minimum absolute atomic E-state index is 0.371. The van der Waals surface area contributed by atoms with Gasteiger partial charge >= 0.3 is 6.01 Å². The van der Waals surface area contributed by atoms with Crippen molar-refractivity contribution in [1.82, 2.24) is 15.0 Å². The van der Waals surface area contributed by atoms with Crippen molar-refractivity contribution >= 4 is 11.9 Å². The van der Waals surface area contributed by atoms with Crippen molar-refractivity contribution in [3.05, 3.63) is 0 Å². The lowest BCUT2D eigenvalue weighted by Crippen LogP contribution is -2.20. The number of nitrogens with zero attached hydrogens (tertiary/aromatic N) is 3. The van der Waals surface area contributed by atoms with Gasteiger partial charge in [-0.1, -0.05) is 27.7 Å². The number of anilines is 2. The van der Waals surface area contributed by atoms with Crippen molar-refractivity contribution < 1.29 is 4.74 Å². The van der Waals surface area contributed by atoms with E-state index in [0.29, 0.717) is 30.6 Å². The van der Waals surface area contributed by atoms with Gasteiger partial charge in [0, 0.05) is 12.6 Å². The molecule has 1 aromatic rings. The van der Waals surface area contributed by atoms with Gasteiger partial charge in [0.05, 0.1) is 6.61 Å². The fourth-order valence-electron chi connectivity index (χ4n) is 1.67. The molecule has 114 valence electrons. The maximum atomic E-state index is 5.52. The van der Waals surface area contributed by atoms with Crippen LogP contribution < -0.4 is 15.4 Å². The van der Waals surface area contributed by atoms with E-state index in [9.17, 15) is 0 Å². The molecule has 0 radical (unpaired) electrons. The lowest BCUT2D eigenvalue weighted by Gasteiger charge is -2.15. The summed E-state index contributed by atoms with van der Waals surface area (Å²) in [5.41, 5.74) is 0. The Morgan fingerprint density at radius 3 is 2.25 bits per heavy atom. The highest BCUT2D eigenvalue weighted by molar-refractivity contribution is 5.36. The van der Waals surface area contributed by atoms with E-state index in [-0.39, 0.29) is 0 Å². The third-order valence-electron chi connectivity index (χ3n) is 2.90. The van der Waals surface area contributed by atoms with E-state index in [1.54, 1.807) is 0 Å². The van der Waals surface area contributed by atoms with Gasteiger partial charge in [0.2, 0.25) is 11.9 Å². The Bertz CT molecular complexity index is 356. The summed E-state index contributed by atoms with van der Waals surface area (Å²) in [5.74, 6) is 1.15. The molecule has 20 heavy (non-hydrogen) atoms. The Balaban J connectivity index is 2.84. The van der Waals surface area contributed by atoms with Gasteiger partial charge < -0.3 is 15.4 Å². The lowest BCUT2D eigenvalue weighted by atomic mass is 10.2. The van der Waals surface area contributed by atoms with Crippen LogP contribution in [0.1, 0.15) is 53.4 Å². The first-order valence-corrected chi connectivity index (χ1v) is 7.62. The number of hydrogen-bond acceptors (Lipinski definition) is 6. The molecule has 1 heterocycles. The zero-order valence-corrected chi connectivity index (χ0v) is 13.1. The maximum Gasteiger partial charge on any atom is 0.323 e. The predicted octanol–water partition coefficient (Wildman–Crippen LogP) is 3.08. The smallest absolute Gasteiger partial charge is 0.323 e. The SMILES string of the molecule is CCCNc1nc(NC(CC)CC)nc(OCCC)n1. The van der Waals surface area contributed by atoms with E-state index < -0.39 is 0 Å². The van der Waals surface area contributed by atoms with Crippen LogP contribution in [0.2, 0.25) is 0 Å². The number of ether oxygens (including phenoxy) is 1. The van der Waals surface area contributed by atoms with Gasteiger partial charge in [0.25, 0.3) is 0 Å². The van der Waals surface area contributed by atoms with E-state index in [1.165, 1.54) is 0 Å². The van der Waals surface area contributed by atoms with Gasteiger partial charge in [-0.25, -0.2) is 0 Å². The highest BCUT2D eigenvalue weighted by Crippen LogP contribution is 2.14. The highest BCUT2D eigenvalue weighted by Gasteiger charge is 2.10. The van der Waals surface area contributed by atoms with E-state index in [0.717, 1.165) is 32.2 Å². The molecule has 0 spiro atoms. The van der Waals surface area contributed by atoms with Crippen molar-refractivity contribution in [2.45, 2.75) is 59.4 Å². The third kappa shape index (κ3) is 5.59. The van der Waals surface area contributed by atoms with E-state index in [4.69, 9.17) is 4.74 Å². The van der Waals surface area contributed by atoms with E-state index in [1.807, 2.05) is 0 Å². The molecule has 0 aliphatic rings. The molecule has 6 nitrogen and oxygen atoms in total. The summed E-state index contributed by atoms with van der Waals surface area (Å²) in [6.07, 6.45) is 4.01. The van der Waals surface area contributed by atoms with Gasteiger partial charge in [-0.15, -0.1) is 0 Å². The van der Waals surface area contributed by atoms with Crippen LogP contribution in [0.25, 0.3) is 0 Å². The Kier molecular flexibility index (Phi) is 7.69. The number of aromatic nitrogens is 3. The molecule has 0 saturated carbocycles. The molecule has 0 aliphatic heterocycles. The maximum absolute atomic E-state index is 5.52. The van der Waals surface area contributed by atoms with Crippen LogP contribution in [0.3, 0.4) is 0 Å². The van der Waals surface area contributed by atoms with Crippen LogP contribution in [-0.2, 0) is 0 Å². The normalized spacial score (nSPS) is 10.7. The van der Waals surface area contributed by atoms with Crippen molar-refractivity contribution in [2.75, 3.05) is 23.8 Å². The lowest BCUT2D eigenvalue weighted by molar-refractivity contribution is 0.292. The van der Waals surface area contributed by atoms with Gasteiger partial charge in [0.1, 0.15) is 0 Å². The van der Waals surface area contributed by atoms with Gasteiger partial charge in [-0.3, -0.25) is 0 Å². The molecule has 0 unspecified atom stereocenters. The molecule has 0 atom stereocenters. The Morgan fingerprint density at radius 2 is 1.65 bits per heavy atom.